The van der Waals surface area contributed by atoms with Gasteiger partial charge >= 0.3 is 0 Å². The molecule has 1 amide bonds. The van der Waals surface area contributed by atoms with Crippen molar-refractivity contribution in [2.75, 3.05) is 12.0 Å². The maximum atomic E-state index is 12.3. The molecule has 0 aliphatic rings. The van der Waals surface area contributed by atoms with Gasteiger partial charge in [0.1, 0.15) is 11.6 Å². The Bertz CT molecular complexity index is 605. The second-order valence-electron chi connectivity index (χ2n) is 4.39. The molecule has 0 unspecified atom stereocenters. The molecule has 1 heterocycles. The van der Waals surface area contributed by atoms with Gasteiger partial charge in [-0.3, -0.25) is 10.2 Å². The minimum absolute atomic E-state index is 0.207. The molecule has 5 heteroatoms. The Kier molecular flexibility index (Phi) is 4.40. The van der Waals surface area contributed by atoms with Crippen molar-refractivity contribution in [3.8, 4) is 5.75 Å². The maximum absolute atomic E-state index is 12.3. The predicted octanol–water partition coefficient (Wildman–Crippen LogP) is 2.54. The van der Waals surface area contributed by atoms with E-state index in [2.05, 4.69) is 10.4 Å². The SMILES string of the molecule is CCOc1ccccc1C(=O)Nn1cc(C)nc1CC. The van der Waals surface area contributed by atoms with E-state index in [4.69, 9.17) is 4.74 Å². The topological polar surface area (TPSA) is 56.1 Å². The summed E-state index contributed by atoms with van der Waals surface area (Å²) in [5.74, 6) is 1.20. The lowest BCUT2D eigenvalue weighted by molar-refractivity contribution is 0.100. The lowest BCUT2D eigenvalue weighted by Crippen LogP contribution is -2.24. The number of aryl methyl sites for hydroxylation is 2. The van der Waals surface area contributed by atoms with Crippen LogP contribution in [0, 0.1) is 6.92 Å². The normalized spacial score (nSPS) is 10.3. The number of imidazole rings is 1. The lowest BCUT2D eigenvalue weighted by atomic mass is 10.2. The largest absolute Gasteiger partial charge is 0.493 e. The molecule has 0 atom stereocenters. The Hall–Kier alpha value is -2.30. The molecule has 0 bridgehead atoms. The minimum Gasteiger partial charge on any atom is -0.493 e. The molecule has 0 aliphatic carbocycles. The maximum Gasteiger partial charge on any atom is 0.273 e. The van der Waals surface area contributed by atoms with Gasteiger partial charge in [0.25, 0.3) is 5.91 Å². The van der Waals surface area contributed by atoms with Gasteiger partial charge in [0.05, 0.1) is 17.9 Å². The molecule has 2 rings (SSSR count). The average Bonchev–Trinajstić information content (AvgIpc) is 2.79. The standard InChI is InChI=1S/C15H19N3O2/c1-4-14-16-11(3)10-18(14)17-15(19)12-8-6-7-9-13(12)20-5-2/h6-10H,4-5H2,1-3H3,(H,17,19). The van der Waals surface area contributed by atoms with E-state index in [-0.39, 0.29) is 5.91 Å². The third-order valence-electron chi connectivity index (χ3n) is 2.87. The quantitative estimate of drug-likeness (QED) is 0.910. The highest BCUT2D eigenvalue weighted by molar-refractivity contribution is 6.02. The molecule has 0 aliphatic heterocycles. The van der Waals surface area contributed by atoms with Crippen LogP contribution < -0.4 is 10.2 Å². The van der Waals surface area contributed by atoms with Crippen LogP contribution in [0.15, 0.2) is 30.5 Å². The van der Waals surface area contributed by atoms with Crippen molar-refractivity contribution in [1.82, 2.24) is 9.66 Å². The van der Waals surface area contributed by atoms with Gasteiger partial charge in [-0.2, -0.15) is 0 Å². The number of para-hydroxylation sites is 1. The summed E-state index contributed by atoms with van der Waals surface area (Å²) in [7, 11) is 0. The molecule has 1 aromatic heterocycles. The molecule has 0 spiro atoms. The number of nitrogens with zero attached hydrogens (tertiary/aromatic N) is 2. The highest BCUT2D eigenvalue weighted by Crippen LogP contribution is 2.18. The fourth-order valence-electron chi connectivity index (χ4n) is 2.00. The van der Waals surface area contributed by atoms with Crippen molar-refractivity contribution in [2.24, 2.45) is 0 Å². The van der Waals surface area contributed by atoms with Gasteiger partial charge in [-0.1, -0.05) is 19.1 Å². The van der Waals surface area contributed by atoms with Crippen molar-refractivity contribution >= 4 is 5.91 Å². The molecule has 0 saturated heterocycles. The van der Waals surface area contributed by atoms with Gasteiger partial charge in [-0.25, -0.2) is 9.66 Å². The van der Waals surface area contributed by atoms with Gasteiger partial charge < -0.3 is 4.74 Å². The van der Waals surface area contributed by atoms with Crippen LogP contribution in [0.1, 0.15) is 35.7 Å². The number of rotatable bonds is 5. The van der Waals surface area contributed by atoms with Crippen LogP contribution in [0.4, 0.5) is 0 Å². The van der Waals surface area contributed by atoms with Crippen molar-refractivity contribution in [3.05, 3.63) is 47.5 Å². The lowest BCUT2D eigenvalue weighted by Gasteiger charge is -2.12. The van der Waals surface area contributed by atoms with Crippen LogP contribution in [0.25, 0.3) is 0 Å². The van der Waals surface area contributed by atoms with E-state index >= 15 is 0 Å². The number of hydrogen-bond donors (Lipinski definition) is 1. The monoisotopic (exact) mass is 273 g/mol. The fourth-order valence-corrected chi connectivity index (χ4v) is 2.00. The van der Waals surface area contributed by atoms with Gasteiger partial charge in [0.15, 0.2) is 0 Å². The zero-order chi connectivity index (χ0) is 14.5. The molecule has 1 N–H and O–H groups in total. The predicted molar refractivity (Wildman–Crippen MR) is 77.6 cm³/mol. The molecule has 5 nitrogen and oxygen atoms in total. The Morgan fingerprint density at radius 2 is 2.10 bits per heavy atom. The molecule has 0 radical (unpaired) electrons. The summed E-state index contributed by atoms with van der Waals surface area (Å²) in [6.45, 7) is 6.31. The number of amides is 1. The van der Waals surface area contributed by atoms with Crippen molar-refractivity contribution in [3.63, 3.8) is 0 Å². The third-order valence-corrected chi connectivity index (χ3v) is 2.87. The molecule has 0 fully saturated rings. The fraction of sp³-hybridized carbons (Fsp3) is 0.333. The molecule has 2 aromatic rings. The van der Waals surface area contributed by atoms with Crippen LogP contribution in [0.2, 0.25) is 0 Å². The molecule has 20 heavy (non-hydrogen) atoms. The van der Waals surface area contributed by atoms with Crippen LogP contribution in [0.3, 0.4) is 0 Å². The Morgan fingerprint density at radius 3 is 2.80 bits per heavy atom. The second kappa shape index (κ2) is 6.23. The number of aromatic nitrogens is 2. The highest BCUT2D eigenvalue weighted by atomic mass is 16.5. The Balaban J connectivity index is 2.23. The van der Waals surface area contributed by atoms with Crippen molar-refractivity contribution in [2.45, 2.75) is 27.2 Å². The molecular weight excluding hydrogens is 254 g/mol. The summed E-state index contributed by atoms with van der Waals surface area (Å²) in [5, 5.41) is 0. The number of ether oxygens (including phenoxy) is 1. The summed E-state index contributed by atoms with van der Waals surface area (Å²) < 4.78 is 7.14. The first-order valence-electron chi connectivity index (χ1n) is 6.73. The van der Waals surface area contributed by atoms with Crippen molar-refractivity contribution in [1.29, 1.82) is 0 Å². The van der Waals surface area contributed by atoms with E-state index in [1.807, 2.05) is 32.9 Å². The summed E-state index contributed by atoms with van der Waals surface area (Å²) in [6.07, 6.45) is 2.56. The molecule has 0 saturated carbocycles. The van der Waals surface area contributed by atoms with Gasteiger partial charge in [0, 0.05) is 12.6 Å². The first kappa shape index (κ1) is 14.1. The van der Waals surface area contributed by atoms with E-state index in [9.17, 15) is 4.79 Å². The van der Waals surface area contributed by atoms with Crippen LogP contribution in [-0.4, -0.2) is 22.2 Å². The molecular formula is C15H19N3O2. The summed E-state index contributed by atoms with van der Waals surface area (Å²) in [6, 6.07) is 7.20. The van der Waals surface area contributed by atoms with Crippen molar-refractivity contribution < 1.29 is 9.53 Å². The average molecular weight is 273 g/mol. The molecule has 106 valence electrons. The zero-order valence-corrected chi connectivity index (χ0v) is 12.0. The summed E-state index contributed by atoms with van der Waals surface area (Å²) in [5.41, 5.74) is 4.22. The van der Waals surface area contributed by atoms with Crippen LogP contribution in [0.5, 0.6) is 5.75 Å². The second-order valence-corrected chi connectivity index (χ2v) is 4.39. The number of benzene rings is 1. The minimum atomic E-state index is -0.207. The van der Waals surface area contributed by atoms with E-state index in [1.165, 1.54) is 0 Å². The summed E-state index contributed by atoms with van der Waals surface area (Å²) >= 11 is 0. The van der Waals surface area contributed by atoms with E-state index in [1.54, 1.807) is 23.0 Å². The third kappa shape index (κ3) is 2.99. The van der Waals surface area contributed by atoms with E-state index in [0.717, 1.165) is 17.9 Å². The van der Waals surface area contributed by atoms with Gasteiger partial charge in [0.2, 0.25) is 0 Å². The zero-order valence-electron chi connectivity index (χ0n) is 12.0. The van der Waals surface area contributed by atoms with Crippen LogP contribution >= 0.6 is 0 Å². The number of carbonyl (C=O) groups is 1. The van der Waals surface area contributed by atoms with E-state index in [0.29, 0.717) is 17.9 Å². The number of carbonyl (C=O) groups excluding carboxylic acids is 1. The van der Waals surface area contributed by atoms with Gasteiger partial charge in [-0.05, 0) is 26.0 Å². The number of hydrogen-bond acceptors (Lipinski definition) is 3. The van der Waals surface area contributed by atoms with E-state index < -0.39 is 0 Å². The van der Waals surface area contributed by atoms with Crippen LogP contribution in [-0.2, 0) is 6.42 Å². The first-order chi connectivity index (χ1) is 9.65. The first-order valence-corrected chi connectivity index (χ1v) is 6.73. The highest BCUT2D eigenvalue weighted by Gasteiger charge is 2.13. The Morgan fingerprint density at radius 1 is 1.35 bits per heavy atom. The number of nitrogens with one attached hydrogen (secondary N) is 1. The smallest absolute Gasteiger partial charge is 0.273 e. The van der Waals surface area contributed by atoms with Gasteiger partial charge in [-0.15, -0.1) is 0 Å². The summed E-state index contributed by atoms with van der Waals surface area (Å²) in [4.78, 5) is 16.7. The molecule has 1 aromatic carbocycles. The Labute approximate surface area is 118 Å².